The fourth-order valence-corrected chi connectivity index (χ4v) is 5.05. The molecule has 1 aliphatic heterocycles. The minimum absolute atomic E-state index is 0.0267. The number of hydrogen-bond donors (Lipinski definition) is 1. The summed E-state index contributed by atoms with van der Waals surface area (Å²) in [4.78, 5) is 33.0. The molecule has 0 atom stereocenters. The van der Waals surface area contributed by atoms with E-state index in [9.17, 15) is 9.59 Å². The van der Waals surface area contributed by atoms with Crippen molar-refractivity contribution < 1.29 is 4.79 Å². The highest BCUT2D eigenvalue weighted by atomic mass is 16.2. The number of benzene rings is 2. The number of fused-ring (bicyclic) bond motifs is 1. The summed E-state index contributed by atoms with van der Waals surface area (Å²) in [5.74, 6) is 0.706. The molecule has 166 valence electrons. The molecular formula is C26H30N4O2. The summed E-state index contributed by atoms with van der Waals surface area (Å²) in [5.41, 5.74) is 2.68. The number of piperidine rings is 1. The standard InChI is InChI=1S/C26H30N4O2/c31-25(27-21-10-4-5-11-21)20-14-16-29(17-15-20)24-26(32)30(18-19-8-2-1-3-9-19)23-13-7-6-12-22(23)28-24/h1-3,6-9,12-13,20-21H,4-5,10-11,14-18H2,(H,27,31). The van der Waals surface area contributed by atoms with E-state index in [0.717, 1.165) is 42.3 Å². The Morgan fingerprint density at radius 2 is 1.62 bits per heavy atom. The Hall–Kier alpha value is -3.15. The minimum atomic E-state index is -0.0681. The van der Waals surface area contributed by atoms with Gasteiger partial charge in [-0.1, -0.05) is 55.3 Å². The number of anilines is 1. The molecule has 5 rings (SSSR count). The van der Waals surface area contributed by atoms with Crippen molar-refractivity contribution in [3.8, 4) is 0 Å². The fourth-order valence-electron chi connectivity index (χ4n) is 5.05. The van der Waals surface area contributed by atoms with Crippen molar-refractivity contribution in [1.82, 2.24) is 14.9 Å². The maximum atomic E-state index is 13.5. The second-order valence-electron chi connectivity index (χ2n) is 9.05. The van der Waals surface area contributed by atoms with Crippen molar-refractivity contribution in [1.29, 1.82) is 0 Å². The van der Waals surface area contributed by atoms with Gasteiger partial charge < -0.3 is 10.2 Å². The number of para-hydroxylation sites is 2. The van der Waals surface area contributed by atoms with E-state index in [4.69, 9.17) is 4.98 Å². The SMILES string of the molecule is O=C(NC1CCCC1)C1CCN(c2nc3ccccc3n(Cc3ccccc3)c2=O)CC1. The molecule has 0 unspecified atom stereocenters. The molecular weight excluding hydrogens is 400 g/mol. The molecule has 1 amide bonds. The first-order chi connectivity index (χ1) is 15.7. The Bertz CT molecular complexity index is 1140. The van der Waals surface area contributed by atoms with Crippen molar-refractivity contribution in [3.63, 3.8) is 0 Å². The number of hydrogen-bond acceptors (Lipinski definition) is 4. The summed E-state index contributed by atoms with van der Waals surface area (Å²) in [6.07, 6.45) is 6.15. The number of amides is 1. The van der Waals surface area contributed by atoms with Crippen LogP contribution in [0, 0.1) is 5.92 Å². The summed E-state index contributed by atoms with van der Waals surface area (Å²) >= 11 is 0. The van der Waals surface area contributed by atoms with Crippen LogP contribution in [0.3, 0.4) is 0 Å². The molecule has 2 aromatic carbocycles. The van der Waals surface area contributed by atoms with Crippen molar-refractivity contribution in [2.24, 2.45) is 5.92 Å². The van der Waals surface area contributed by atoms with Gasteiger partial charge in [0.2, 0.25) is 5.91 Å². The molecule has 3 aromatic rings. The molecule has 2 heterocycles. The Morgan fingerprint density at radius 1 is 0.938 bits per heavy atom. The van der Waals surface area contributed by atoms with Crippen LogP contribution in [0.5, 0.6) is 0 Å². The van der Waals surface area contributed by atoms with Gasteiger partial charge in [-0.25, -0.2) is 4.98 Å². The Morgan fingerprint density at radius 3 is 2.38 bits per heavy atom. The molecule has 0 bridgehead atoms. The predicted octanol–water partition coefficient (Wildman–Crippen LogP) is 3.72. The zero-order valence-corrected chi connectivity index (χ0v) is 18.4. The molecule has 0 spiro atoms. The second kappa shape index (κ2) is 9.15. The monoisotopic (exact) mass is 430 g/mol. The number of aromatic nitrogens is 2. The third kappa shape index (κ3) is 4.27. The Kier molecular flexibility index (Phi) is 5.93. The van der Waals surface area contributed by atoms with Crippen molar-refractivity contribution in [3.05, 3.63) is 70.5 Å². The highest BCUT2D eigenvalue weighted by Crippen LogP contribution is 2.24. The molecule has 1 saturated heterocycles. The summed E-state index contributed by atoms with van der Waals surface area (Å²) in [6.45, 7) is 1.86. The summed E-state index contributed by atoms with van der Waals surface area (Å²) in [7, 11) is 0. The van der Waals surface area contributed by atoms with Crippen LogP contribution in [0.2, 0.25) is 0 Å². The van der Waals surface area contributed by atoms with Crippen molar-refractivity contribution in [2.45, 2.75) is 51.1 Å². The maximum absolute atomic E-state index is 13.5. The number of nitrogens with zero attached hydrogens (tertiary/aromatic N) is 3. The maximum Gasteiger partial charge on any atom is 0.294 e. The van der Waals surface area contributed by atoms with Crippen LogP contribution in [0.15, 0.2) is 59.4 Å². The lowest BCUT2D eigenvalue weighted by atomic mass is 9.95. The van der Waals surface area contributed by atoms with E-state index in [2.05, 4.69) is 10.2 Å². The molecule has 1 N–H and O–H groups in total. The van der Waals surface area contributed by atoms with E-state index in [0.29, 0.717) is 31.5 Å². The zero-order chi connectivity index (χ0) is 21.9. The van der Waals surface area contributed by atoms with E-state index in [1.54, 1.807) is 0 Å². The van der Waals surface area contributed by atoms with Gasteiger partial charge in [-0.3, -0.25) is 14.2 Å². The molecule has 1 saturated carbocycles. The van der Waals surface area contributed by atoms with Crippen LogP contribution in [0.1, 0.15) is 44.1 Å². The topological polar surface area (TPSA) is 67.2 Å². The Labute approximate surface area is 188 Å². The molecule has 6 nitrogen and oxygen atoms in total. The van der Waals surface area contributed by atoms with Crippen LogP contribution in [-0.4, -0.2) is 34.6 Å². The number of nitrogens with one attached hydrogen (secondary N) is 1. The molecule has 2 aliphatic rings. The first kappa shape index (κ1) is 20.7. The third-order valence-electron chi connectivity index (χ3n) is 6.89. The highest BCUT2D eigenvalue weighted by molar-refractivity contribution is 5.79. The van der Waals surface area contributed by atoms with Gasteiger partial charge >= 0.3 is 0 Å². The van der Waals surface area contributed by atoms with Crippen LogP contribution >= 0.6 is 0 Å². The molecule has 32 heavy (non-hydrogen) atoms. The first-order valence-electron chi connectivity index (χ1n) is 11.8. The first-order valence-corrected chi connectivity index (χ1v) is 11.8. The average Bonchev–Trinajstić information content (AvgIpc) is 3.34. The minimum Gasteiger partial charge on any atom is -0.353 e. The van der Waals surface area contributed by atoms with Crippen LogP contribution in [0.4, 0.5) is 5.82 Å². The largest absolute Gasteiger partial charge is 0.353 e. The predicted molar refractivity (Wildman–Crippen MR) is 127 cm³/mol. The lowest BCUT2D eigenvalue weighted by molar-refractivity contribution is -0.126. The number of rotatable bonds is 5. The number of carbonyl (C=O) groups excluding carboxylic acids is 1. The second-order valence-corrected chi connectivity index (χ2v) is 9.05. The normalized spacial score (nSPS) is 17.7. The van der Waals surface area contributed by atoms with Crippen LogP contribution in [-0.2, 0) is 11.3 Å². The van der Waals surface area contributed by atoms with E-state index in [-0.39, 0.29) is 17.4 Å². The summed E-state index contributed by atoms with van der Waals surface area (Å²) in [6, 6.07) is 18.2. The molecule has 1 aliphatic carbocycles. The van der Waals surface area contributed by atoms with Crippen molar-refractivity contribution in [2.75, 3.05) is 18.0 Å². The highest BCUT2D eigenvalue weighted by Gasteiger charge is 2.29. The number of carbonyl (C=O) groups is 1. The third-order valence-corrected chi connectivity index (χ3v) is 6.89. The van der Waals surface area contributed by atoms with Gasteiger partial charge in [0.15, 0.2) is 5.82 Å². The van der Waals surface area contributed by atoms with Gasteiger partial charge in [-0.15, -0.1) is 0 Å². The van der Waals surface area contributed by atoms with E-state index < -0.39 is 0 Å². The summed E-state index contributed by atoms with van der Waals surface area (Å²) in [5, 5.41) is 3.24. The lowest BCUT2D eigenvalue weighted by Crippen LogP contribution is -2.45. The van der Waals surface area contributed by atoms with Crippen molar-refractivity contribution >= 4 is 22.8 Å². The average molecular weight is 431 g/mol. The zero-order valence-electron chi connectivity index (χ0n) is 18.4. The molecule has 2 fully saturated rings. The van der Waals surface area contributed by atoms with Gasteiger partial charge in [-0.05, 0) is 43.4 Å². The van der Waals surface area contributed by atoms with Gasteiger partial charge in [-0.2, -0.15) is 0 Å². The summed E-state index contributed by atoms with van der Waals surface area (Å²) < 4.78 is 1.83. The van der Waals surface area contributed by atoms with Crippen LogP contribution in [0.25, 0.3) is 11.0 Å². The van der Waals surface area contributed by atoms with Gasteiger partial charge in [0.1, 0.15) is 0 Å². The molecule has 1 aromatic heterocycles. The van der Waals surface area contributed by atoms with Gasteiger partial charge in [0, 0.05) is 25.0 Å². The van der Waals surface area contributed by atoms with E-state index >= 15 is 0 Å². The van der Waals surface area contributed by atoms with E-state index in [1.165, 1.54) is 12.8 Å². The van der Waals surface area contributed by atoms with Gasteiger partial charge in [0.05, 0.1) is 17.6 Å². The smallest absolute Gasteiger partial charge is 0.294 e. The lowest BCUT2D eigenvalue weighted by Gasteiger charge is -2.32. The van der Waals surface area contributed by atoms with Gasteiger partial charge in [0.25, 0.3) is 5.56 Å². The quantitative estimate of drug-likeness (QED) is 0.670. The molecule has 6 heteroatoms. The fraction of sp³-hybridized carbons (Fsp3) is 0.423. The van der Waals surface area contributed by atoms with Crippen LogP contribution < -0.4 is 15.8 Å². The Balaban J connectivity index is 1.37. The molecule has 0 radical (unpaired) electrons. The van der Waals surface area contributed by atoms with E-state index in [1.807, 2.05) is 59.2 Å².